The molecule has 13 nitrogen and oxygen atoms in total. The van der Waals surface area contributed by atoms with Gasteiger partial charge in [0.25, 0.3) is 5.91 Å². The average molecular weight is 846 g/mol. The van der Waals surface area contributed by atoms with Gasteiger partial charge in [-0.1, -0.05) is 24.8 Å². The molecular weight excluding hydrogens is 799 g/mol. The zero-order valence-corrected chi connectivity index (χ0v) is 34.6. The molecule has 0 aliphatic carbocycles. The van der Waals surface area contributed by atoms with Crippen molar-refractivity contribution in [3.05, 3.63) is 113 Å². The Kier molecular flexibility index (Phi) is 14.4. The first kappa shape index (κ1) is 43.0. The standard InChI is InChI=1S/C47H47N3O10S/c1-2-49(21-24-60-36-15-10-32(11-16-36)44(54)43-38-17-14-35(52)29-41(38)61-45(43)33-8-12-34(51)13-9-33)20-23-58-26-28-59-27-25-57-22-4-6-31-5-3-7-37-39(31)30-50(47(37)56)40-18-19-42(53)48-46(40)55/h3,5,7-17,29,40,51-52H,2,18-28,30H2,1H3,(H,48,53,55). The van der Waals surface area contributed by atoms with Crippen molar-refractivity contribution in [1.82, 2.24) is 15.1 Å². The lowest BCUT2D eigenvalue weighted by atomic mass is 9.97. The van der Waals surface area contributed by atoms with E-state index in [-0.39, 0.29) is 48.7 Å². The van der Waals surface area contributed by atoms with E-state index in [1.165, 1.54) is 16.2 Å². The zero-order chi connectivity index (χ0) is 42.7. The number of likely N-dealkylation sites (N-methyl/N-ethyl adjacent to an activating group) is 1. The van der Waals surface area contributed by atoms with Crippen molar-refractivity contribution < 1.29 is 48.3 Å². The van der Waals surface area contributed by atoms with Gasteiger partial charge in [-0.25, -0.2) is 0 Å². The molecule has 316 valence electrons. The van der Waals surface area contributed by atoms with E-state index in [2.05, 4.69) is 29.0 Å². The molecule has 0 saturated carbocycles. The number of phenolic OH excluding ortho intramolecular Hbond substituents is 2. The Labute approximate surface area is 357 Å². The maximum Gasteiger partial charge on any atom is 0.255 e. The zero-order valence-electron chi connectivity index (χ0n) is 33.8. The van der Waals surface area contributed by atoms with Gasteiger partial charge in [0.15, 0.2) is 5.78 Å². The molecule has 3 heterocycles. The largest absolute Gasteiger partial charge is 0.508 e. The van der Waals surface area contributed by atoms with Gasteiger partial charge in [-0.05, 0) is 103 Å². The van der Waals surface area contributed by atoms with Crippen molar-refractivity contribution in [2.24, 2.45) is 0 Å². The number of hydrogen-bond donors (Lipinski definition) is 3. The van der Waals surface area contributed by atoms with Gasteiger partial charge in [-0.3, -0.25) is 29.4 Å². The summed E-state index contributed by atoms with van der Waals surface area (Å²) in [6, 6.07) is 23.5. The van der Waals surface area contributed by atoms with Gasteiger partial charge >= 0.3 is 0 Å². The number of benzene rings is 4. The summed E-state index contributed by atoms with van der Waals surface area (Å²) in [6.07, 6.45) is 0.514. The van der Waals surface area contributed by atoms with Crippen LogP contribution in [0.25, 0.3) is 20.5 Å². The lowest BCUT2D eigenvalue weighted by Gasteiger charge is -2.29. The summed E-state index contributed by atoms with van der Waals surface area (Å²) >= 11 is 1.42. The highest BCUT2D eigenvalue weighted by Crippen LogP contribution is 2.41. The van der Waals surface area contributed by atoms with Crippen LogP contribution in [0.5, 0.6) is 17.2 Å². The van der Waals surface area contributed by atoms with E-state index in [9.17, 15) is 29.4 Å². The van der Waals surface area contributed by atoms with Crippen molar-refractivity contribution in [2.45, 2.75) is 32.4 Å². The molecule has 1 atom stereocenters. The van der Waals surface area contributed by atoms with Crippen molar-refractivity contribution in [2.75, 3.05) is 65.9 Å². The van der Waals surface area contributed by atoms with Crippen molar-refractivity contribution in [3.8, 4) is 39.5 Å². The van der Waals surface area contributed by atoms with Crippen LogP contribution in [-0.4, -0.2) is 115 Å². The second-order valence-corrected chi connectivity index (χ2v) is 15.5. The first-order chi connectivity index (χ1) is 29.7. The summed E-state index contributed by atoms with van der Waals surface area (Å²) in [7, 11) is 0. The van der Waals surface area contributed by atoms with Gasteiger partial charge < -0.3 is 34.1 Å². The van der Waals surface area contributed by atoms with Gasteiger partial charge in [0.2, 0.25) is 11.8 Å². The summed E-state index contributed by atoms with van der Waals surface area (Å²) in [5.74, 6) is 5.88. The Morgan fingerprint density at radius 1 is 0.869 bits per heavy atom. The Balaban J connectivity index is 0.767. The minimum absolute atomic E-state index is 0.129. The summed E-state index contributed by atoms with van der Waals surface area (Å²) in [5.41, 5.74) is 3.89. The first-order valence-corrected chi connectivity index (χ1v) is 21.0. The molecule has 0 bridgehead atoms. The van der Waals surface area contributed by atoms with Crippen LogP contribution in [0.3, 0.4) is 0 Å². The van der Waals surface area contributed by atoms with Crippen LogP contribution in [0.15, 0.2) is 84.9 Å². The molecule has 3 amide bonds. The summed E-state index contributed by atoms with van der Waals surface area (Å²) in [5, 5.41) is 23.0. The van der Waals surface area contributed by atoms with E-state index < -0.39 is 11.9 Å². The molecule has 3 N–H and O–H groups in total. The first-order valence-electron chi connectivity index (χ1n) is 20.2. The monoisotopic (exact) mass is 845 g/mol. The predicted molar refractivity (Wildman–Crippen MR) is 230 cm³/mol. The molecule has 1 saturated heterocycles. The SMILES string of the molecule is CCN(CCOCCOCCOCC#Cc1cccc2c1CN(C1CCC(=O)NC1=O)C2=O)CCOc1ccc(C(=O)c2c(-c3ccc(O)cc3)sc3cc(O)ccc23)cc1. The maximum absolute atomic E-state index is 13.9. The van der Waals surface area contributed by atoms with Crippen molar-refractivity contribution >= 4 is 44.9 Å². The van der Waals surface area contributed by atoms with Crippen LogP contribution in [0.1, 0.15) is 57.2 Å². The normalized spacial score (nSPS) is 14.9. The number of aromatic hydroxyl groups is 2. The third-order valence-electron chi connectivity index (χ3n) is 10.5. The molecule has 61 heavy (non-hydrogen) atoms. The lowest BCUT2D eigenvalue weighted by molar-refractivity contribution is -0.136. The number of ketones is 1. The minimum Gasteiger partial charge on any atom is -0.508 e. The molecular formula is C47H47N3O10S. The number of rotatable bonds is 19. The number of hydrogen-bond acceptors (Lipinski definition) is 12. The van der Waals surface area contributed by atoms with Crippen LogP contribution in [0.2, 0.25) is 0 Å². The summed E-state index contributed by atoms with van der Waals surface area (Å²) < 4.78 is 23.8. The Hall–Kier alpha value is -6.08. The lowest BCUT2D eigenvalue weighted by Crippen LogP contribution is -2.52. The number of carbonyl (C=O) groups is 4. The smallest absolute Gasteiger partial charge is 0.255 e. The molecule has 1 fully saturated rings. The molecule has 7 rings (SSSR count). The van der Waals surface area contributed by atoms with Crippen LogP contribution >= 0.6 is 11.3 Å². The summed E-state index contributed by atoms with van der Waals surface area (Å²) in [4.78, 5) is 55.3. The van der Waals surface area contributed by atoms with Crippen LogP contribution in [0.4, 0.5) is 0 Å². The second-order valence-electron chi connectivity index (χ2n) is 14.5. The molecule has 4 aromatic carbocycles. The highest BCUT2D eigenvalue weighted by molar-refractivity contribution is 7.22. The minimum atomic E-state index is -0.670. The number of phenols is 2. The van der Waals surface area contributed by atoms with Gasteiger partial charge in [-0.2, -0.15) is 0 Å². The van der Waals surface area contributed by atoms with E-state index in [4.69, 9.17) is 18.9 Å². The van der Waals surface area contributed by atoms with E-state index in [0.717, 1.165) is 39.2 Å². The fraction of sp³-hybridized carbons (Fsp3) is 0.319. The second kappa shape index (κ2) is 20.5. The Morgan fingerprint density at radius 2 is 1.59 bits per heavy atom. The van der Waals surface area contributed by atoms with E-state index in [1.54, 1.807) is 78.9 Å². The van der Waals surface area contributed by atoms with Gasteiger partial charge in [0, 0.05) is 63.3 Å². The van der Waals surface area contributed by atoms with E-state index >= 15 is 0 Å². The predicted octanol–water partition coefficient (Wildman–Crippen LogP) is 5.77. The molecule has 1 aromatic heterocycles. The molecule has 14 heteroatoms. The fourth-order valence-corrected chi connectivity index (χ4v) is 8.52. The molecule has 2 aliphatic heterocycles. The van der Waals surface area contributed by atoms with Crippen molar-refractivity contribution in [3.63, 3.8) is 0 Å². The molecule has 2 aliphatic rings. The van der Waals surface area contributed by atoms with Crippen molar-refractivity contribution in [1.29, 1.82) is 0 Å². The Bertz CT molecular complexity index is 2440. The quantitative estimate of drug-likeness (QED) is 0.0400. The highest BCUT2D eigenvalue weighted by atomic mass is 32.1. The topological polar surface area (TPSA) is 164 Å². The third kappa shape index (κ3) is 10.6. The van der Waals surface area contributed by atoms with Crippen LogP contribution in [-0.2, 0) is 30.3 Å². The Morgan fingerprint density at radius 3 is 2.34 bits per heavy atom. The van der Waals surface area contributed by atoms with E-state index in [1.807, 2.05) is 6.07 Å². The molecule has 0 spiro atoms. The number of carbonyl (C=O) groups excluding carboxylic acids is 4. The molecule has 5 aromatic rings. The molecule has 1 unspecified atom stereocenters. The molecule has 0 radical (unpaired) electrons. The van der Waals surface area contributed by atoms with Crippen LogP contribution < -0.4 is 10.1 Å². The van der Waals surface area contributed by atoms with Gasteiger partial charge in [0.05, 0.1) is 33.0 Å². The maximum atomic E-state index is 13.9. The number of nitrogens with zero attached hydrogens (tertiary/aromatic N) is 2. The third-order valence-corrected chi connectivity index (χ3v) is 11.7. The van der Waals surface area contributed by atoms with E-state index in [0.29, 0.717) is 80.6 Å². The number of imide groups is 1. The van der Waals surface area contributed by atoms with Gasteiger partial charge in [-0.15, -0.1) is 11.3 Å². The van der Waals surface area contributed by atoms with Gasteiger partial charge in [0.1, 0.15) is 36.5 Å². The number of piperidine rings is 1. The number of fused-ring (bicyclic) bond motifs is 2. The average Bonchev–Trinajstić information content (AvgIpc) is 3.81. The van der Waals surface area contributed by atoms with Crippen LogP contribution in [0, 0.1) is 11.8 Å². The fourth-order valence-electron chi connectivity index (χ4n) is 7.29. The number of thiophene rings is 1. The highest BCUT2D eigenvalue weighted by Gasteiger charge is 2.39. The number of ether oxygens (including phenoxy) is 4. The summed E-state index contributed by atoms with van der Waals surface area (Å²) in [6.45, 7) is 7.47. The number of amides is 3. The number of nitrogens with one attached hydrogen (secondary N) is 1.